The van der Waals surface area contributed by atoms with Crippen molar-refractivity contribution in [3.8, 4) is 0 Å². The van der Waals surface area contributed by atoms with Crippen LogP contribution in [-0.4, -0.2) is 26.8 Å². The van der Waals surface area contributed by atoms with E-state index >= 15 is 0 Å². The number of rotatable bonds is 4. The van der Waals surface area contributed by atoms with E-state index in [2.05, 4.69) is 9.97 Å². The molecule has 0 radical (unpaired) electrons. The second-order valence-corrected chi connectivity index (χ2v) is 4.86. The third kappa shape index (κ3) is 4.43. The first-order valence-corrected chi connectivity index (χ1v) is 6.49. The van der Waals surface area contributed by atoms with Crippen LogP contribution in [0, 0.1) is 0 Å². The monoisotopic (exact) mass is 306 g/mol. The molecule has 21 heavy (non-hydrogen) atoms. The summed E-state index contributed by atoms with van der Waals surface area (Å²) in [6, 6.07) is 7.22. The van der Waals surface area contributed by atoms with Gasteiger partial charge in [0.2, 0.25) is 0 Å². The first kappa shape index (κ1) is 16.9. The summed E-state index contributed by atoms with van der Waals surface area (Å²) >= 11 is 0. The highest BCUT2D eigenvalue weighted by Gasteiger charge is 2.20. The Morgan fingerprint density at radius 1 is 1.29 bits per heavy atom. The molecule has 0 unspecified atom stereocenters. The Bertz CT molecular complexity index is 572. The van der Waals surface area contributed by atoms with Gasteiger partial charge in [-0.15, -0.1) is 12.4 Å². The Morgan fingerprint density at radius 2 is 2.05 bits per heavy atom. The van der Waals surface area contributed by atoms with Gasteiger partial charge in [-0.2, -0.15) is 0 Å². The van der Waals surface area contributed by atoms with Gasteiger partial charge in [0, 0.05) is 25.0 Å². The van der Waals surface area contributed by atoms with Gasteiger partial charge in [0.05, 0.1) is 11.9 Å². The fraction of sp³-hybridized carbons (Fsp3) is 0.267. The van der Waals surface area contributed by atoms with Crippen LogP contribution >= 0.6 is 12.4 Å². The molecule has 1 amide bonds. The zero-order valence-corrected chi connectivity index (χ0v) is 12.9. The molecule has 0 saturated carbocycles. The molecule has 0 spiro atoms. The van der Waals surface area contributed by atoms with Gasteiger partial charge in [0.25, 0.3) is 5.91 Å². The first-order valence-electron chi connectivity index (χ1n) is 6.49. The lowest BCUT2D eigenvalue weighted by Crippen LogP contribution is -2.36. The molecule has 0 fully saturated rings. The van der Waals surface area contributed by atoms with Gasteiger partial charge in [-0.1, -0.05) is 6.07 Å². The van der Waals surface area contributed by atoms with Crippen LogP contribution in [0.4, 0.5) is 5.69 Å². The van der Waals surface area contributed by atoms with Gasteiger partial charge >= 0.3 is 0 Å². The summed E-state index contributed by atoms with van der Waals surface area (Å²) in [6.07, 6.45) is 4.97. The summed E-state index contributed by atoms with van der Waals surface area (Å²) in [5, 5.41) is 0. The van der Waals surface area contributed by atoms with Crippen LogP contribution in [-0.2, 0) is 6.54 Å². The number of hydrogen-bond acceptors (Lipinski definition) is 4. The minimum absolute atomic E-state index is 0. The van der Waals surface area contributed by atoms with E-state index in [1.807, 2.05) is 26.0 Å². The highest BCUT2D eigenvalue weighted by Crippen LogP contribution is 2.12. The Labute approximate surface area is 130 Å². The van der Waals surface area contributed by atoms with Crippen molar-refractivity contribution in [3.63, 3.8) is 0 Å². The third-order valence-corrected chi connectivity index (χ3v) is 2.97. The van der Waals surface area contributed by atoms with E-state index in [0.29, 0.717) is 17.9 Å². The Hall–Kier alpha value is -2.14. The molecule has 2 aromatic rings. The van der Waals surface area contributed by atoms with Gasteiger partial charge in [0.1, 0.15) is 5.69 Å². The lowest BCUT2D eigenvalue weighted by Gasteiger charge is -2.26. The molecule has 0 saturated heterocycles. The molecular formula is C15H19ClN4O. The number of nitrogens with zero attached hydrogens (tertiary/aromatic N) is 3. The molecule has 2 aromatic heterocycles. The molecule has 112 valence electrons. The van der Waals surface area contributed by atoms with Gasteiger partial charge in [-0.3, -0.25) is 9.78 Å². The molecule has 2 rings (SSSR count). The predicted octanol–water partition coefficient (Wildman–Crippen LogP) is 2.53. The van der Waals surface area contributed by atoms with Gasteiger partial charge < -0.3 is 10.6 Å². The van der Waals surface area contributed by atoms with Crippen LogP contribution in [0.15, 0.2) is 42.9 Å². The van der Waals surface area contributed by atoms with Crippen molar-refractivity contribution in [1.82, 2.24) is 14.9 Å². The van der Waals surface area contributed by atoms with Crippen LogP contribution in [0.2, 0.25) is 0 Å². The van der Waals surface area contributed by atoms with Crippen molar-refractivity contribution >= 4 is 24.0 Å². The van der Waals surface area contributed by atoms with Crippen molar-refractivity contribution < 1.29 is 4.79 Å². The van der Waals surface area contributed by atoms with E-state index in [1.54, 1.807) is 29.4 Å². The predicted molar refractivity (Wildman–Crippen MR) is 85.1 cm³/mol. The minimum atomic E-state index is -0.108. The molecule has 6 heteroatoms. The maximum atomic E-state index is 12.5. The molecule has 0 aliphatic heterocycles. The van der Waals surface area contributed by atoms with E-state index in [0.717, 1.165) is 5.56 Å². The topological polar surface area (TPSA) is 72.1 Å². The lowest BCUT2D eigenvalue weighted by molar-refractivity contribution is 0.0684. The number of amides is 1. The summed E-state index contributed by atoms with van der Waals surface area (Å²) in [6.45, 7) is 4.47. The summed E-state index contributed by atoms with van der Waals surface area (Å²) in [7, 11) is 0. The molecule has 5 nitrogen and oxygen atoms in total. The third-order valence-electron chi connectivity index (χ3n) is 2.97. The van der Waals surface area contributed by atoms with Crippen LogP contribution < -0.4 is 5.73 Å². The number of hydrogen-bond donors (Lipinski definition) is 1. The van der Waals surface area contributed by atoms with Crippen molar-refractivity contribution in [2.24, 2.45) is 0 Å². The Morgan fingerprint density at radius 3 is 2.57 bits per heavy atom. The minimum Gasteiger partial charge on any atom is -0.397 e. The number of pyridine rings is 2. The Balaban J connectivity index is 0.00000220. The second kappa shape index (κ2) is 7.59. The number of nitrogen functional groups attached to an aromatic ring is 1. The number of carbonyl (C=O) groups is 1. The molecule has 2 N–H and O–H groups in total. The highest BCUT2D eigenvalue weighted by atomic mass is 35.5. The average molecular weight is 307 g/mol. The van der Waals surface area contributed by atoms with Gasteiger partial charge in [-0.25, -0.2) is 4.98 Å². The largest absolute Gasteiger partial charge is 0.397 e. The molecule has 0 aromatic carbocycles. The summed E-state index contributed by atoms with van der Waals surface area (Å²) in [5.41, 5.74) is 7.53. The van der Waals surface area contributed by atoms with Crippen LogP contribution in [0.5, 0.6) is 0 Å². The number of nitrogens with two attached hydrogens (primary N) is 1. The van der Waals surface area contributed by atoms with Crippen molar-refractivity contribution in [1.29, 1.82) is 0 Å². The summed E-state index contributed by atoms with van der Waals surface area (Å²) in [5.74, 6) is -0.108. The number of aromatic nitrogens is 2. The zero-order chi connectivity index (χ0) is 14.5. The summed E-state index contributed by atoms with van der Waals surface area (Å²) < 4.78 is 0. The molecular weight excluding hydrogens is 288 g/mol. The second-order valence-electron chi connectivity index (χ2n) is 4.86. The van der Waals surface area contributed by atoms with E-state index < -0.39 is 0 Å². The van der Waals surface area contributed by atoms with E-state index in [1.165, 1.54) is 6.20 Å². The SMILES string of the molecule is CC(C)N(Cc1cccnc1)C(=O)c1ccc(N)cn1.Cl. The first-order chi connectivity index (χ1) is 9.58. The maximum absolute atomic E-state index is 12.5. The van der Waals surface area contributed by atoms with E-state index in [4.69, 9.17) is 5.73 Å². The average Bonchev–Trinajstić information content (AvgIpc) is 2.45. The molecule has 0 aliphatic rings. The van der Waals surface area contributed by atoms with Crippen molar-refractivity contribution in [2.75, 3.05) is 5.73 Å². The smallest absolute Gasteiger partial charge is 0.272 e. The Kier molecular flexibility index (Phi) is 6.11. The number of anilines is 1. The van der Waals surface area contributed by atoms with Gasteiger partial charge in [-0.05, 0) is 37.6 Å². The fourth-order valence-corrected chi connectivity index (χ4v) is 1.86. The van der Waals surface area contributed by atoms with E-state index in [-0.39, 0.29) is 24.4 Å². The normalized spacial score (nSPS) is 10.0. The molecule has 0 aliphatic carbocycles. The van der Waals surface area contributed by atoms with Crippen LogP contribution in [0.25, 0.3) is 0 Å². The summed E-state index contributed by atoms with van der Waals surface area (Å²) in [4.78, 5) is 22.4. The standard InChI is InChI=1S/C15H18N4O.ClH/c1-11(2)19(10-12-4-3-7-17-8-12)15(20)14-6-5-13(16)9-18-14;/h3-9,11H,10,16H2,1-2H3;1H. The highest BCUT2D eigenvalue weighted by molar-refractivity contribution is 5.92. The quantitative estimate of drug-likeness (QED) is 0.942. The van der Waals surface area contributed by atoms with Crippen molar-refractivity contribution in [2.45, 2.75) is 26.4 Å². The van der Waals surface area contributed by atoms with Crippen molar-refractivity contribution in [3.05, 3.63) is 54.1 Å². The number of halogens is 1. The molecule has 0 atom stereocenters. The van der Waals surface area contributed by atoms with Crippen LogP contribution in [0.1, 0.15) is 29.9 Å². The van der Waals surface area contributed by atoms with Crippen LogP contribution in [0.3, 0.4) is 0 Å². The van der Waals surface area contributed by atoms with E-state index in [9.17, 15) is 4.79 Å². The zero-order valence-electron chi connectivity index (χ0n) is 12.1. The number of carbonyl (C=O) groups excluding carboxylic acids is 1. The molecule has 0 bridgehead atoms. The lowest BCUT2D eigenvalue weighted by atomic mass is 10.2. The van der Waals surface area contributed by atoms with Gasteiger partial charge in [0.15, 0.2) is 0 Å². The molecule has 2 heterocycles. The maximum Gasteiger partial charge on any atom is 0.272 e. The fourth-order valence-electron chi connectivity index (χ4n) is 1.86.